The zero-order valence-electron chi connectivity index (χ0n) is 12.5. The molecule has 0 saturated carbocycles. The van der Waals surface area contributed by atoms with E-state index >= 15 is 0 Å². The van der Waals surface area contributed by atoms with Gasteiger partial charge in [-0.05, 0) is 44.1 Å². The van der Waals surface area contributed by atoms with E-state index in [1.165, 1.54) is 32.4 Å². The van der Waals surface area contributed by atoms with Crippen LogP contribution in [0, 0.1) is 10.1 Å². The van der Waals surface area contributed by atoms with Crippen molar-refractivity contribution < 1.29 is 4.92 Å². The fraction of sp³-hybridized carbons (Fsp3) is 0.438. The van der Waals surface area contributed by atoms with Gasteiger partial charge in [0.15, 0.2) is 0 Å². The van der Waals surface area contributed by atoms with E-state index in [1.807, 2.05) is 0 Å². The number of nitro benzene ring substituents is 1. The third-order valence-corrected chi connectivity index (χ3v) is 4.14. The minimum Gasteiger partial charge on any atom is -0.382 e. The summed E-state index contributed by atoms with van der Waals surface area (Å²) < 4.78 is 0. The molecule has 1 aliphatic heterocycles. The molecule has 0 radical (unpaired) electrons. The molecule has 1 aliphatic rings. The molecule has 1 aromatic carbocycles. The maximum Gasteiger partial charge on any atom is 0.278 e. The molecule has 0 aliphatic carbocycles. The number of likely N-dealkylation sites (tertiary alicyclic amines) is 1. The van der Waals surface area contributed by atoms with E-state index in [9.17, 15) is 10.1 Å². The summed E-state index contributed by atoms with van der Waals surface area (Å²) in [5.41, 5.74) is 1.62. The number of nitrogens with one attached hydrogen (secondary N) is 1. The maximum absolute atomic E-state index is 11.1. The minimum absolute atomic E-state index is 0.102. The first-order valence-corrected chi connectivity index (χ1v) is 7.74. The van der Waals surface area contributed by atoms with Crippen molar-refractivity contribution >= 4 is 22.3 Å². The van der Waals surface area contributed by atoms with Crippen molar-refractivity contribution in [2.45, 2.75) is 19.3 Å². The summed E-state index contributed by atoms with van der Waals surface area (Å²) in [7, 11) is 0. The lowest BCUT2D eigenvalue weighted by atomic mass is 10.1. The largest absolute Gasteiger partial charge is 0.382 e. The number of fused-ring (bicyclic) bond motifs is 1. The van der Waals surface area contributed by atoms with Crippen LogP contribution in [0.2, 0.25) is 0 Å². The Balaban J connectivity index is 1.73. The van der Waals surface area contributed by atoms with Crippen LogP contribution in [0.5, 0.6) is 0 Å². The van der Waals surface area contributed by atoms with E-state index in [-0.39, 0.29) is 10.6 Å². The fourth-order valence-electron chi connectivity index (χ4n) is 2.99. The number of aromatic nitrogens is 1. The Morgan fingerprint density at radius 1 is 1.23 bits per heavy atom. The van der Waals surface area contributed by atoms with Crippen LogP contribution in [0.4, 0.5) is 11.4 Å². The van der Waals surface area contributed by atoms with Gasteiger partial charge < -0.3 is 10.2 Å². The molecular formula is C16H20N4O2. The zero-order valence-corrected chi connectivity index (χ0v) is 12.5. The summed E-state index contributed by atoms with van der Waals surface area (Å²) in [5.74, 6) is 0. The van der Waals surface area contributed by atoms with Gasteiger partial charge in [-0.1, -0.05) is 6.42 Å². The molecule has 22 heavy (non-hydrogen) atoms. The van der Waals surface area contributed by atoms with E-state index in [0.29, 0.717) is 10.9 Å². The van der Waals surface area contributed by atoms with Crippen molar-refractivity contribution in [1.29, 1.82) is 0 Å². The monoisotopic (exact) mass is 300 g/mol. The van der Waals surface area contributed by atoms with Gasteiger partial charge in [0, 0.05) is 25.4 Å². The number of nitro groups is 1. The summed E-state index contributed by atoms with van der Waals surface area (Å²) in [6, 6.07) is 6.78. The molecule has 1 aromatic heterocycles. The van der Waals surface area contributed by atoms with Crippen molar-refractivity contribution in [3.05, 3.63) is 40.6 Å². The summed E-state index contributed by atoms with van der Waals surface area (Å²) in [6.07, 6.45) is 5.56. The van der Waals surface area contributed by atoms with Crippen molar-refractivity contribution in [3.63, 3.8) is 0 Å². The number of pyridine rings is 1. The van der Waals surface area contributed by atoms with Crippen LogP contribution in [-0.2, 0) is 0 Å². The van der Waals surface area contributed by atoms with Gasteiger partial charge in [-0.3, -0.25) is 15.1 Å². The summed E-state index contributed by atoms with van der Waals surface area (Å²) in [6.45, 7) is 4.15. The number of non-ortho nitro benzene ring substituents is 1. The van der Waals surface area contributed by atoms with Gasteiger partial charge in [0.1, 0.15) is 5.52 Å². The Morgan fingerprint density at radius 3 is 2.82 bits per heavy atom. The molecule has 1 saturated heterocycles. The lowest BCUT2D eigenvalue weighted by Gasteiger charge is -2.26. The molecule has 0 spiro atoms. The van der Waals surface area contributed by atoms with E-state index in [2.05, 4.69) is 15.2 Å². The highest BCUT2D eigenvalue weighted by Gasteiger charge is 2.15. The van der Waals surface area contributed by atoms with Gasteiger partial charge in [0.25, 0.3) is 5.69 Å². The molecule has 116 valence electrons. The van der Waals surface area contributed by atoms with Gasteiger partial charge in [0.2, 0.25) is 0 Å². The predicted octanol–water partition coefficient (Wildman–Crippen LogP) is 3.04. The van der Waals surface area contributed by atoms with Gasteiger partial charge in [-0.2, -0.15) is 0 Å². The zero-order chi connectivity index (χ0) is 15.4. The van der Waals surface area contributed by atoms with Gasteiger partial charge in [-0.15, -0.1) is 0 Å². The fourth-order valence-corrected chi connectivity index (χ4v) is 2.99. The van der Waals surface area contributed by atoms with Crippen LogP contribution < -0.4 is 5.32 Å². The highest BCUT2D eigenvalue weighted by atomic mass is 16.6. The molecule has 0 unspecified atom stereocenters. The second-order valence-electron chi connectivity index (χ2n) is 5.62. The topological polar surface area (TPSA) is 71.3 Å². The van der Waals surface area contributed by atoms with Crippen LogP contribution in [0.25, 0.3) is 10.9 Å². The SMILES string of the molecule is O=[N+]([O-])c1ccc(NCCN2CCCCC2)c2ncccc12. The van der Waals surface area contributed by atoms with Crippen LogP contribution in [0.3, 0.4) is 0 Å². The molecule has 6 heteroatoms. The first-order valence-electron chi connectivity index (χ1n) is 7.74. The summed E-state index contributed by atoms with van der Waals surface area (Å²) in [5, 5.41) is 15.1. The number of hydrogen-bond acceptors (Lipinski definition) is 5. The molecule has 0 amide bonds. The molecule has 2 heterocycles. The highest BCUT2D eigenvalue weighted by molar-refractivity contribution is 5.96. The van der Waals surface area contributed by atoms with E-state index in [1.54, 1.807) is 30.5 Å². The summed E-state index contributed by atoms with van der Waals surface area (Å²) >= 11 is 0. The third kappa shape index (κ3) is 3.17. The number of benzene rings is 1. The second kappa shape index (κ2) is 6.70. The smallest absolute Gasteiger partial charge is 0.278 e. The Kier molecular flexibility index (Phi) is 4.48. The minimum atomic E-state index is -0.360. The Labute approximate surface area is 129 Å². The number of hydrogen-bond donors (Lipinski definition) is 1. The van der Waals surface area contributed by atoms with E-state index < -0.39 is 0 Å². The molecule has 2 aromatic rings. The van der Waals surface area contributed by atoms with E-state index in [4.69, 9.17) is 0 Å². The van der Waals surface area contributed by atoms with Crippen molar-refractivity contribution in [2.24, 2.45) is 0 Å². The number of anilines is 1. The van der Waals surface area contributed by atoms with Crippen LogP contribution >= 0.6 is 0 Å². The number of rotatable bonds is 5. The average Bonchev–Trinajstić information content (AvgIpc) is 2.55. The molecule has 3 rings (SSSR count). The number of piperidine rings is 1. The maximum atomic E-state index is 11.1. The first kappa shape index (κ1) is 14.7. The molecule has 0 atom stereocenters. The predicted molar refractivity (Wildman–Crippen MR) is 87.2 cm³/mol. The lowest BCUT2D eigenvalue weighted by molar-refractivity contribution is -0.383. The standard InChI is InChI=1S/C16H20N4O2/c21-20(22)15-7-6-14(16-13(15)5-4-8-18-16)17-9-12-19-10-2-1-3-11-19/h4-8,17H,1-3,9-12H2. The van der Waals surface area contributed by atoms with Crippen LogP contribution in [0.15, 0.2) is 30.5 Å². The van der Waals surface area contributed by atoms with Crippen molar-refractivity contribution in [1.82, 2.24) is 9.88 Å². The van der Waals surface area contributed by atoms with Crippen molar-refractivity contribution in [3.8, 4) is 0 Å². The highest BCUT2D eigenvalue weighted by Crippen LogP contribution is 2.29. The third-order valence-electron chi connectivity index (χ3n) is 4.14. The Bertz CT molecular complexity index is 668. The average molecular weight is 300 g/mol. The quantitative estimate of drug-likeness (QED) is 0.679. The Morgan fingerprint density at radius 2 is 2.05 bits per heavy atom. The van der Waals surface area contributed by atoms with Gasteiger partial charge in [0.05, 0.1) is 16.0 Å². The first-order chi connectivity index (χ1) is 10.8. The normalized spacial score (nSPS) is 15.8. The van der Waals surface area contributed by atoms with Gasteiger partial charge >= 0.3 is 0 Å². The Hall–Kier alpha value is -2.21. The molecule has 1 fully saturated rings. The molecule has 6 nitrogen and oxygen atoms in total. The van der Waals surface area contributed by atoms with Gasteiger partial charge in [-0.25, -0.2) is 0 Å². The molecular weight excluding hydrogens is 280 g/mol. The number of nitrogens with zero attached hydrogens (tertiary/aromatic N) is 3. The van der Waals surface area contributed by atoms with Crippen LogP contribution in [0.1, 0.15) is 19.3 Å². The molecule has 0 bridgehead atoms. The summed E-state index contributed by atoms with van der Waals surface area (Å²) in [4.78, 5) is 17.5. The van der Waals surface area contributed by atoms with Crippen LogP contribution in [-0.4, -0.2) is 41.0 Å². The van der Waals surface area contributed by atoms with E-state index in [0.717, 1.165) is 18.8 Å². The lowest BCUT2D eigenvalue weighted by Crippen LogP contribution is -2.33. The molecule has 1 N–H and O–H groups in total. The second-order valence-corrected chi connectivity index (χ2v) is 5.62. The van der Waals surface area contributed by atoms with Crippen molar-refractivity contribution in [2.75, 3.05) is 31.5 Å².